The molecule has 0 bridgehead atoms. The van der Waals surface area contributed by atoms with Crippen molar-refractivity contribution in [3.05, 3.63) is 16.5 Å². The second-order valence-corrected chi connectivity index (χ2v) is 7.66. The van der Waals surface area contributed by atoms with Gasteiger partial charge in [0.1, 0.15) is 0 Å². The van der Waals surface area contributed by atoms with E-state index in [0.717, 1.165) is 30.2 Å². The number of nitrogens with zero attached hydrogens (tertiary/aromatic N) is 1. The first-order valence-electron chi connectivity index (χ1n) is 8.11. The summed E-state index contributed by atoms with van der Waals surface area (Å²) in [4.78, 5) is 27.2. The van der Waals surface area contributed by atoms with Gasteiger partial charge in [0.2, 0.25) is 5.91 Å². The van der Waals surface area contributed by atoms with Gasteiger partial charge in [0, 0.05) is 18.5 Å². The van der Waals surface area contributed by atoms with Crippen LogP contribution in [-0.2, 0) is 4.79 Å². The lowest BCUT2D eigenvalue weighted by molar-refractivity contribution is -0.123. The lowest BCUT2D eigenvalue weighted by Crippen LogP contribution is -2.34. The molecule has 0 saturated carbocycles. The Hall–Kier alpha value is -1.40. The predicted molar refractivity (Wildman–Crippen MR) is 97.3 cm³/mol. The largest absolute Gasteiger partial charge is 0.350 e. The zero-order chi connectivity index (χ0) is 17.6. The first-order chi connectivity index (χ1) is 10.7. The average molecular weight is 340 g/mol. The smallest absolute Gasteiger partial charge is 0.261 e. The SMILES string of the molecule is CCN(CC)CCNC(=O)c1sc(NC(=O)C(C)(C)C)cc1C. The van der Waals surface area contributed by atoms with E-state index in [9.17, 15) is 9.59 Å². The van der Waals surface area contributed by atoms with Gasteiger partial charge in [-0.3, -0.25) is 9.59 Å². The first kappa shape index (κ1) is 19.6. The van der Waals surface area contributed by atoms with Gasteiger partial charge in [0.15, 0.2) is 0 Å². The highest BCUT2D eigenvalue weighted by Gasteiger charge is 2.23. The summed E-state index contributed by atoms with van der Waals surface area (Å²) in [5.74, 6) is -0.122. The average Bonchev–Trinajstić information content (AvgIpc) is 2.83. The molecular weight excluding hydrogens is 310 g/mol. The number of aryl methyl sites for hydroxylation is 1. The van der Waals surface area contributed by atoms with Gasteiger partial charge < -0.3 is 15.5 Å². The molecule has 0 fully saturated rings. The van der Waals surface area contributed by atoms with Gasteiger partial charge in [0.05, 0.1) is 9.88 Å². The Morgan fingerprint density at radius 3 is 2.35 bits per heavy atom. The van der Waals surface area contributed by atoms with Crippen LogP contribution in [0.25, 0.3) is 0 Å². The van der Waals surface area contributed by atoms with Gasteiger partial charge in [-0.05, 0) is 31.6 Å². The van der Waals surface area contributed by atoms with Crippen molar-refractivity contribution in [3.8, 4) is 0 Å². The molecule has 2 amide bonds. The zero-order valence-electron chi connectivity index (χ0n) is 15.1. The summed E-state index contributed by atoms with van der Waals surface area (Å²) in [6.07, 6.45) is 0. The number of anilines is 1. The second kappa shape index (κ2) is 8.45. The lowest BCUT2D eigenvalue weighted by Gasteiger charge is -2.17. The molecule has 0 aromatic carbocycles. The Morgan fingerprint density at radius 1 is 1.22 bits per heavy atom. The summed E-state index contributed by atoms with van der Waals surface area (Å²) in [5.41, 5.74) is 0.434. The molecule has 6 heteroatoms. The van der Waals surface area contributed by atoms with E-state index < -0.39 is 5.41 Å². The molecule has 1 rings (SSSR count). The maximum absolute atomic E-state index is 12.3. The Morgan fingerprint density at radius 2 is 1.83 bits per heavy atom. The number of likely N-dealkylation sites (N-methyl/N-ethyl adjacent to an activating group) is 1. The third-order valence-electron chi connectivity index (χ3n) is 3.65. The molecule has 5 nitrogen and oxygen atoms in total. The first-order valence-corrected chi connectivity index (χ1v) is 8.93. The molecule has 23 heavy (non-hydrogen) atoms. The monoisotopic (exact) mass is 339 g/mol. The van der Waals surface area contributed by atoms with Crippen molar-refractivity contribution < 1.29 is 9.59 Å². The maximum atomic E-state index is 12.3. The van der Waals surface area contributed by atoms with E-state index >= 15 is 0 Å². The summed E-state index contributed by atoms with van der Waals surface area (Å²) in [5, 5.41) is 6.55. The molecule has 1 heterocycles. The Bertz CT molecular complexity index is 543. The number of nitrogens with one attached hydrogen (secondary N) is 2. The number of hydrogen-bond donors (Lipinski definition) is 2. The molecule has 0 saturated heterocycles. The Kier molecular flexibility index (Phi) is 7.22. The van der Waals surface area contributed by atoms with Gasteiger partial charge in [-0.1, -0.05) is 34.6 Å². The normalized spacial score (nSPS) is 11.6. The third kappa shape index (κ3) is 5.95. The van der Waals surface area contributed by atoms with Crippen molar-refractivity contribution >= 4 is 28.2 Å². The molecule has 0 aliphatic carbocycles. The van der Waals surface area contributed by atoms with Gasteiger partial charge in [0.25, 0.3) is 5.91 Å². The quantitative estimate of drug-likeness (QED) is 0.802. The summed E-state index contributed by atoms with van der Waals surface area (Å²) in [6, 6.07) is 1.85. The van der Waals surface area contributed by atoms with Crippen molar-refractivity contribution in [3.63, 3.8) is 0 Å². The zero-order valence-corrected chi connectivity index (χ0v) is 15.9. The highest BCUT2D eigenvalue weighted by atomic mass is 32.1. The molecule has 0 unspecified atom stereocenters. The van der Waals surface area contributed by atoms with Crippen LogP contribution in [0.3, 0.4) is 0 Å². The topological polar surface area (TPSA) is 61.4 Å². The van der Waals surface area contributed by atoms with E-state index in [4.69, 9.17) is 0 Å². The number of carbonyl (C=O) groups excluding carboxylic acids is 2. The highest BCUT2D eigenvalue weighted by molar-refractivity contribution is 7.18. The van der Waals surface area contributed by atoms with E-state index in [1.54, 1.807) is 0 Å². The molecule has 0 radical (unpaired) electrons. The fourth-order valence-corrected chi connectivity index (χ4v) is 3.00. The van der Waals surface area contributed by atoms with Crippen LogP contribution in [0.4, 0.5) is 5.00 Å². The molecule has 2 N–H and O–H groups in total. The highest BCUT2D eigenvalue weighted by Crippen LogP contribution is 2.28. The fraction of sp³-hybridized carbons (Fsp3) is 0.647. The van der Waals surface area contributed by atoms with Gasteiger partial charge >= 0.3 is 0 Å². The number of thiophene rings is 1. The minimum atomic E-state index is -0.454. The molecule has 0 spiro atoms. The van der Waals surface area contributed by atoms with Crippen LogP contribution in [0.5, 0.6) is 0 Å². The predicted octanol–water partition coefficient (Wildman–Crippen LogP) is 3.11. The number of carbonyl (C=O) groups is 2. The maximum Gasteiger partial charge on any atom is 0.261 e. The fourth-order valence-electron chi connectivity index (χ4n) is 2.02. The minimum Gasteiger partial charge on any atom is -0.350 e. The summed E-state index contributed by atoms with van der Waals surface area (Å²) < 4.78 is 0. The number of hydrogen-bond acceptors (Lipinski definition) is 4. The van der Waals surface area contributed by atoms with Crippen LogP contribution in [0, 0.1) is 12.3 Å². The molecule has 1 aromatic rings. The van der Waals surface area contributed by atoms with E-state index in [-0.39, 0.29) is 11.8 Å². The Labute approximate surface area is 143 Å². The van der Waals surface area contributed by atoms with Crippen molar-refractivity contribution in [2.45, 2.75) is 41.5 Å². The summed E-state index contributed by atoms with van der Waals surface area (Å²) in [7, 11) is 0. The van der Waals surface area contributed by atoms with Gasteiger partial charge in [-0.25, -0.2) is 0 Å². The third-order valence-corrected chi connectivity index (χ3v) is 4.80. The van der Waals surface area contributed by atoms with E-state index in [0.29, 0.717) is 11.4 Å². The van der Waals surface area contributed by atoms with Crippen LogP contribution < -0.4 is 10.6 Å². The van der Waals surface area contributed by atoms with Crippen molar-refractivity contribution in [2.75, 3.05) is 31.5 Å². The lowest BCUT2D eigenvalue weighted by atomic mass is 9.96. The van der Waals surface area contributed by atoms with E-state index in [1.807, 2.05) is 33.8 Å². The molecule has 0 aliphatic heterocycles. The minimum absolute atomic E-state index is 0.0489. The van der Waals surface area contributed by atoms with Crippen molar-refractivity contribution in [2.24, 2.45) is 5.41 Å². The molecular formula is C17H29N3O2S. The van der Waals surface area contributed by atoms with Crippen LogP contribution in [0.1, 0.15) is 49.9 Å². The van der Waals surface area contributed by atoms with Crippen molar-refractivity contribution in [1.29, 1.82) is 0 Å². The van der Waals surface area contributed by atoms with Gasteiger partial charge in [-0.2, -0.15) is 0 Å². The summed E-state index contributed by atoms with van der Waals surface area (Å²) in [6.45, 7) is 15.1. The van der Waals surface area contributed by atoms with Crippen LogP contribution >= 0.6 is 11.3 Å². The second-order valence-electron chi connectivity index (χ2n) is 6.61. The molecule has 130 valence electrons. The number of rotatable bonds is 7. The van der Waals surface area contributed by atoms with E-state index in [2.05, 4.69) is 29.4 Å². The van der Waals surface area contributed by atoms with Crippen LogP contribution in [0.2, 0.25) is 0 Å². The number of amides is 2. The molecule has 1 aromatic heterocycles. The van der Waals surface area contributed by atoms with Crippen LogP contribution in [-0.4, -0.2) is 42.9 Å². The molecule has 0 aliphatic rings. The standard InChI is InChI=1S/C17H29N3O2S/c1-7-20(8-2)10-9-18-15(21)14-12(3)11-13(23-14)19-16(22)17(4,5)6/h11H,7-10H2,1-6H3,(H,18,21)(H,19,22). The van der Waals surface area contributed by atoms with Crippen molar-refractivity contribution in [1.82, 2.24) is 10.2 Å². The molecule has 0 atom stereocenters. The van der Waals surface area contributed by atoms with Crippen LogP contribution in [0.15, 0.2) is 6.07 Å². The van der Waals surface area contributed by atoms with E-state index in [1.165, 1.54) is 11.3 Å². The Balaban J connectivity index is 2.63. The van der Waals surface area contributed by atoms with Gasteiger partial charge in [-0.15, -0.1) is 11.3 Å². The summed E-state index contributed by atoms with van der Waals surface area (Å²) >= 11 is 1.32.